The average molecular weight is 463 g/mol. The van der Waals surface area contributed by atoms with E-state index >= 15 is 0 Å². The van der Waals surface area contributed by atoms with Crippen LogP contribution in [0.15, 0.2) is 36.4 Å². The van der Waals surface area contributed by atoms with E-state index < -0.39 is 0 Å². The Balaban J connectivity index is 1.36. The summed E-state index contributed by atoms with van der Waals surface area (Å²) in [5.74, 6) is 1.87. The summed E-state index contributed by atoms with van der Waals surface area (Å²) in [6, 6.07) is 9.60. The molecular formula is C34H54. The van der Waals surface area contributed by atoms with Crippen molar-refractivity contribution in [3.63, 3.8) is 0 Å². The normalized spacial score (nSPS) is 20.8. The first-order chi connectivity index (χ1) is 16.8. The fourth-order valence-electron chi connectivity index (χ4n) is 6.15. The van der Waals surface area contributed by atoms with E-state index in [1.54, 1.807) is 11.1 Å². The summed E-state index contributed by atoms with van der Waals surface area (Å²) in [6.45, 7) is 4.61. The fraction of sp³-hybridized carbons (Fsp3) is 0.706. The Bertz CT molecular complexity index is 656. The smallest absolute Gasteiger partial charge is 0.0227 e. The van der Waals surface area contributed by atoms with Gasteiger partial charge >= 0.3 is 0 Å². The van der Waals surface area contributed by atoms with E-state index in [0.717, 1.165) is 11.8 Å². The lowest BCUT2D eigenvalue weighted by molar-refractivity contribution is 0.422. The first kappa shape index (κ1) is 27.3. The van der Waals surface area contributed by atoms with Crippen molar-refractivity contribution in [2.45, 2.75) is 142 Å². The minimum Gasteiger partial charge on any atom is -0.0804 e. The molecule has 0 heteroatoms. The average Bonchev–Trinajstić information content (AvgIpc) is 2.89. The van der Waals surface area contributed by atoms with Crippen molar-refractivity contribution in [3.05, 3.63) is 47.5 Å². The van der Waals surface area contributed by atoms with Crippen LogP contribution < -0.4 is 0 Å². The van der Waals surface area contributed by atoms with Crippen LogP contribution in [0.25, 0.3) is 11.1 Å². The van der Waals surface area contributed by atoms with E-state index in [0.29, 0.717) is 0 Å². The van der Waals surface area contributed by atoms with Crippen LogP contribution in [0, 0.1) is 11.8 Å². The molecule has 34 heavy (non-hydrogen) atoms. The molecule has 0 spiro atoms. The molecule has 0 bridgehead atoms. The van der Waals surface area contributed by atoms with Gasteiger partial charge in [0.25, 0.3) is 0 Å². The highest BCUT2D eigenvalue weighted by Crippen LogP contribution is 2.36. The first-order valence-electron chi connectivity index (χ1n) is 15.3. The second-order valence-corrected chi connectivity index (χ2v) is 11.4. The van der Waals surface area contributed by atoms with Crippen molar-refractivity contribution in [2.24, 2.45) is 11.8 Å². The van der Waals surface area contributed by atoms with Crippen molar-refractivity contribution in [1.29, 1.82) is 0 Å². The third-order valence-electron chi connectivity index (χ3n) is 8.60. The van der Waals surface area contributed by atoms with Gasteiger partial charge in [-0.1, -0.05) is 140 Å². The molecule has 2 aliphatic rings. The Hall–Kier alpha value is -1.30. The lowest BCUT2D eigenvalue weighted by Crippen LogP contribution is -2.06. The monoisotopic (exact) mass is 462 g/mol. The summed E-state index contributed by atoms with van der Waals surface area (Å²) in [6.07, 6.45) is 33.1. The van der Waals surface area contributed by atoms with Crippen molar-refractivity contribution < 1.29 is 0 Å². The van der Waals surface area contributed by atoms with Crippen LogP contribution in [-0.2, 0) is 0 Å². The highest BCUT2D eigenvalue weighted by molar-refractivity contribution is 5.71. The SMILES string of the molecule is CCCCCCCCC1CC=C(c2ccc(C3=CCC(CCCCCCCC)CC3)cc2)CC1. The number of hydrogen-bond acceptors (Lipinski definition) is 0. The van der Waals surface area contributed by atoms with Crippen LogP contribution in [0.3, 0.4) is 0 Å². The van der Waals surface area contributed by atoms with Crippen LogP contribution in [0.4, 0.5) is 0 Å². The van der Waals surface area contributed by atoms with Gasteiger partial charge in [-0.05, 0) is 72.6 Å². The van der Waals surface area contributed by atoms with Gasteiger partial charge in [0.2, 0.25) is 0 Å². The number of hydrogen-bond donors (Lipinski definition) is 0. The van der Waals surface area contributed by atoms with Gasteiger partial charge in [0, 0.05) is 0 Å². The molecule has 0 radical (unpaired) electrons. The van der Waals surface area contributed by atoms with Gasteiger partial charge < -0.3 is 0 Å². The predicted molar refractivity (Wildman–Crippen MR) is 153 cm³/mol. The minimum atomic E-state index is 0.936. The highest BCUT2D eigenvalue weighted by atomic mass is 14.2. The number of rotatable bonds is 16. The van der Waals surface area contributed by atoms with Crippen LogP contribution >= 0.6 is 0 Å². The van der Waals surface area contributed by atoms with E-state index in [4.69, 9.17) is 0 Å². The fourth-order valence-corrected chi connectivity index (χ4v) is 6.15. The molecule has 0 nitrogen and oxygen atoms in total. The standard InChI is InChI=1S/C34H54/c1-3-5-7-9-11-13-15-29-17-21-31(22-18-29)33-25-27-34(28-26-33)32-23-19-30(20-24-32)16-14-12-10-8-6-4-2/h21,23,25-30H,3-20,22,24H2,1-2H3. The van der Waals surface area contributed by atoms with Crippen LogP contribution in [0.2, 0.25) is 0 Å². The topological polar surface area (TPSA) is 0 Å². The number of allylic oxidation sites excluding steroid dienone is 4. The Morgan fingerprint density at radius 2 is 0.912 bits per heavy atom. The van der Waals surface area contributed by atoms with Gasteiger partial charge in [-0.25, -0.2) is 0 Å². The molecule has 0 N–H and O–H groups in total. The van der Waals surface area contributed by atoms with E-state index in [1.807, 2.05) is 0 Å². The molecule has 0 amide bonds. The third kappa shape index (κ3) is 9.75. The largest absolute Gasteiger partial charge is 0.0804 e. The summed E-state index contributed by atoms with van der Waals surface area (Å²) in [5.41, 5.74) is 6.14. The van der Waals surface area contributed by atoms with E-state index in [1.165, 1.54) is 140 Å². The van der Waals surface area contributed by atoms with Gasteiger partial charge in [0.05, 0.1) is 0 Å². The van der Waals surface area contributed by atoms with Crippen molar-refractivity contribution in [2.75, 3.05) is 0 Å². The first-order valence-corrected chi connectivity index (χ1v) is 15.3. The zero-order valence-corrected chi connectivity index (χ0v) is 22.8. The minimum absolute atomic E-state index is 0.936. The van der Waals surface area contributed by atoms with Gasteiger partial charge in [-0.2, -0.15) is 0 Å². The third-order valence-corrected chi connectivity index (χ3v) is 8.60. The van der Waals surface area contributed by atoms with Crippen molar-refractivity contribution in [1.82, 2.24) is 0 Å². The quantitative estimate of drug-likeness (QED) is 0.214. The summed E-state index contributed by atoms with van der Waals surface area (Å²) in [5, 5.41) is 0. The van der Waals surface area contributed by atoms with Crippen molar-refractivity contribution >= 4 is 11.1 Å². The second-order valence-electron chi connectivity index (χ2n) is 11.4. The highest BCUT2D eigenvalue weighted by Gasteiger charge is 2.17. The maximum atomic E-state index is 2.56. The molecule has 2 atom stereocenters. The Morgan fingerprint density at radius 1 is 0.529 bits per heavy atom. The van der Waals surface area contributed by atoms with Gasteiger partial charge in [0.1, 0.15) is 0 Å². The molecule has 2 unspecified atom stereocenters. The van der Waals surface area contributed by atoms with Crippen LogP contribution in [0.1, 0.15) is 153 Å². The molecule has 0 aromatic heterocycles. The lowest BCUT2D eigenvalue weighted by Gasteiger charge is -2.23. The zero-order chi connectivity index (χ0) is 23.8. The molecular weight excluding hydrogens is 408 g/mol. The molecule has 1 aromatic rings. The molecule has 3 rings (SSSR count). The molecule has 0 aliphatic heterocycles. The van der Waals surface area contributed by atoms with E-state index in [-0.39, 0.29) is 0 Å². The summed E-state index contributed by atoms with van der Waals surface area (Å²) < 4.78 is 0. The van der Waals surface area contributed by atoms with Crippen LogP contribution in [-0.4, -0.2) is 0 Å². The van der Waals surface area contributed by atoms with E-state index in [2.05, 4.69) is 50.3 Å². The van der Waals surface area contributed by atoms with E-state index in [9.17, 15) is 0 Å². The van der Waals surface area contributed by atoms with Crippen LogP contribution in [0.5, 0.6) is 0 Å². The maximum absolute atomic E-state index is 2.56. The van der Waals surface area contributed by atoms with Gasteiger partial charge in [-0.15, -0.1) is 0 Å². The Labute approximate surface area is 212 Å². The summed E-state index contributed by atoms with van der Waals surface area (Å²) >= 11 is 0. The second kappa shape index (κ2) is 16.4. The molecule has 0 heterocycles. The molecule has 1 aromatic carbocycles. The molecule has 0 saturated carbocycles. The summed E-state index contributed by atoms with van der Waals surface area (Å²) in [7, 11) is 0. The maximum Gasteiger partial charge on any atom is -0.0227 e. The zero-order valence-electron chi connectivity index (χ0n) is 22.8. The number of benzene rings is 1. The van der Waals surface area contributed by atoms with Gasteiger partial charge in [0.15, 0.2) is 0 Å². The Morgan fingerprint density at radius 3 is 1.26 bits per heavy atom. The summed E-state index contributed by atoms with van der Waals surface area (Å²) in [4.78, 5) is 0. The lowest BCUT2D eigenvalue weighted by atomic mass is 9.82. The number of unbranched alkanes of at least 4 members (excludes halogenated alkanes) is 10. The van der Waals surface area contributed by atoms with Gasteiger partial charge in [-0.3, -0.25) is 0 Å². The molecule has 2 aliphatic carbocycles. The molecule has 190 valence electrons. The van der Waals surface area contributed by atoms with Crippen molar-refractivity contribution in [3.8, 4) is 0 Å². The Kier molecular flexibility index (Phi) is 13.2. The molecule has 0 fully saturated rings. The predicted octanol–water partition coefficient (Wildman–Crippen LogP) is 11.6. The molecule has 0 saturated heterocycles.